The summed E-state index contributed by atoms with van der Waals surface area (Å²) in [7, 11) is 0. The van der Waals surface area contributed by atoms with Gasteiger partial charge in [0.25, 0.3) is 5.91 Å². The average Bonchev–Trinajstić information content (AvgIpc) is 2.37. The Bertz CT molecular complexity index is 439. The van der Waals surface area contributed by atoms with Gasteiger partial charge >= 0.3 is 0 Å². The van der Waals surface area contributed by atoms with E-state index in [1.54, 1.807) is 6.07 Å². The monoisotopic (exact) mass is 345 g/mol. The number of hydrogen-bond acceptors (Lipinski definition) is 2. The van der Waals surface area contributed by atoms with Crippen LogP contribution in [0, 0.1) is 5.82 Å². The quantitative estimate of drug-likeness (QED) is 0.792. The summed E-state index contributed by atoms with van der Waals surface area (Å²) in [4.78, 5) is 12.0. The number of rotatable bonds is 7. The zero-order valence-corrected chi connectivity index (χ0v) is 13.5. The molecule has 0 aliphatic carbocycles. The Morgan fingerprint density at radius 2 is 1.95 bits per heavy atom. The Balaban J connectivity index is 2.75. The molecular formula is C15H21BrFNO2. The molecule has 1 aromatic carbocycles. The predicted octanol–water partition coefficient (Wildman–Crippen LogP) is 3.65. The van der Waals surface area contributed by atoms with Crippen LogP contribution < -0.4 is 5.32 Å². The maximum absolute atomic E-state index is 13.7. The average molecular weight is 346 g/mol. The summed E-state index contributed by atoms with van der Waals surface area (Å²) in [5, 5.41) is 13.1. The van der Waals surface area contributed by atoms with Gasteiger partial charge in [-0.3, -0.25) is 4.79 Å². The fourth-order valence-electron chi connectivity index (χ4n) is 2.28. The number of nitrogens with one attached hydrogen (secondary N) is 1. The van der Waals surface area contributed by atoms with Crippen LogP contribution >= 0.6 is 15.9 Å². The molecule has 0 atom stereocenters. The van der Waals surface area contributed by atoms with Crippen LogP contribution in [-0.4, -0.2) is 23.2 Å². The van der Waals surface area contributed by atoms with E-state index in [-0.39, 0.29) is 12.1 Å². The summed E-state index contributed by atoms with van der Waals surface area (Å²) in [5.41, 5.74) is -0.945. The van der Waals surface area contributed by atoms with Crippen LogP contribution in [-0.2, 0) is 0 Å². The lowest BCUT2D eigenvalue weighted by Crippen LogP contribution is -2.43. The van der Waals surface area contributed by atoms with E-state index in [4.69, 9.17) is 0 Å². The van der Waals surface area contributed by atoms with Gasteiger partial charge < -0.3 is 10.4 Å². The second-order valence-electron chi connectivity index (χ2n) is 5.00. The highest BCUT2D eigenvalue weighted by atomic mass is 79.9. The van der Waals surface area contributed by atoms with Gasteiger partial charge in [0.1, 0.15) is 5.82 Å². The molecule has 0 aliphatic heterocycles. The van der Waals surface area contributed by atoms with Gasteiger partial charge in [0.2, 0.25) is 0 Å². The van der Waals surface area contributed by atoms with Crippen LogP contribution in [0.15, 0.2) is 22.7 Å². The number of hydrogen-bond donors (Lipinski definition) is 2. The van der Waals surface area contributed by atoms with Gasteiger partial charge in [-0.05, 0) is 40.9 Å². The molecule has 0 radical (unpaired) electrons. The van der Waals surface area contributed by atoms with E-state index in [1.165, 1.54) is 12.1 Å². The van der Waals surface area contributed by atoms with Crippen LogP contribution in [0.3, 0.4) is 0 Å². The molecule has 0 saturated carbocycles. The summed E-state index contributed by atoms with van der Waals surface area (Å²) in [6, 6.07) is 4.38. The molecule has 0 fully saturated rings. The van der Waals surface area contributed by atoms with E-state index >= 15 is 0 Å². The molecule has 1 amide bonds. The summed E-state index contributed by atoms with van der Waals surface area (Å²) in [5.74, 6) is -1.09. The molecule has 0 unspecified atom stereocenters. The molecule has 0 aromatic heterocycles. The zero-order chi connectivity index (χ0) is 15.2. The number of halogens is 2. The van der Waals surface area contributed by atoms with E-state index in [1.807, 2.05) is 13.8 Å². The smallest absolute Gasteiger partial charge is 0.255 e. The fraction of sp³-hybridized carbons (Fsp3) is 0.533. The van der Waals surface area contributed by atoms with Crippen molar-refractivity contribution in [2.75, 3.05) is 6.54 Å². The molecule has 20 heavy (non-hydrogen) atoms. The number of amides is 1. The zero-order valence-electron chi connectivity index (χ0n) is 11.9. The molecule has 0 aliphatic rings. The number of aliphatic hydroxyl groups is 1. The third-order valence-electron chi connectivity index (χ3n) is 3.20. The summed E-state index contributed by atoms with van der Waals surface area (Å²) in [6.07, 6.45) is 2.88. The van der Waals surface area contributed by atoms with Crippen LogP contribution in [0.1, 0.15) is 49.9 Å². The largest absolute Gasteiger partial charge is 0.388 e. The van der Waals surface area contributed by atoms with Crippen molar-refractivity contribution >= 4 is 21.8 Å². The first-order valence-electron chi connectivity index (χ1n) is 6.88. The van der Waals surface area contributed by atoms with Gasteiger partial charge in [0.15, 0.2) is 0 Å². The van der Waals surface area contributed by atoms with Gasteiger partial charge in [-0.1, -0.05) is 32.8 Å². The fourth-order valence-corrected chi connectivity index (χ4v) is 2.80. The molecule has 1 aromatic rings. The summed E-state index contributed by atoms with van der Waals surface area (Å²) >= 11 is 3.17. The van der Waals surface area contributed by atoms with Crippen LogP contribution in [0.4, 0.5) is 4.39 Å². The lowest BCUT2D eigenvalue weighted by Gasteiger charge is -2.27. The highest BCUT2D eigenvalue weighted by molar-refractivity contribution is 9.10. The molecule has 5 heteroatoms. The Labute approximate surface area is 127 Å². The summed E-state index contributed by atoms with van der Waals surface area (Å²) < 4.78 is 14.1. The van der Waals surface area contributed by atoms with E-state index in [2.05, 4.69) is 21.2 Å². The van der Waals surface area contributed by atoms with Crippen molar-refractivity contribution in [3.05, 3.63) is 34.1 Å². The molecular weight excluding hydrogens is 325 g/mol. The van der Waals surface area contributed by atoms with Crippen molar-refractivity contribution in [3.8, 4) is 0 Å². The van der Waals surface area contributed by atoms with Crippen LogP contribution in [0.5, 0.6) is 0 Å². The van der Waals surface area contributed by atoms with Crippen molar-refractivity contribution < 1.29 is 14.3 Å². The number of benzene rings is 1. The van der Waals surface area contributed by atoms with Crippen molar-refractivity contribution in [1.82, 2.24) is 5.32 Å². The third-order valence-corrected chi connectivity index (χ3v) is 3.86. The highest BCUT2D eigenvalue weighted by Gasteiger charge is 2.26. The minimum Gasteiger partial charge on any atom is -0.388 e. The third kappa shape index (κ3) is 4.56. The Hall–Kier alpha value is -0.940. The van der Waals surface area contributed by atoms with Gasteiger partial charge in [-0.15, -0.1) is 0 Å². The first kappa shape index (κ1) is 17.1. The SMILES string of the molecule is CCCC(O)(CCC)CNC(=O)c1c(F)cccc1Br. The number of carbonyl (C=O) groups excluding carboxylic acids is 1. The Morgan fingerprint density at radius 3 is 2.45 bits per heavy atom. The molecule has 0 spiro atoms. The van der Waals surface area contributed by atoms with Gasteiger partial charge in [0.05, 0.1) is 11.2 Å². The Morgan fingerprint density at radius 1 is 1.35 bits per heavy atom. The molecule has 112 valence electrons. The van der Waals surface area contributed by atoms with Crippen molar-refractivity contribution in [2.24, 2.45) is 0 Å². The van der Waals surface area contributed by atoms with E-state index in [9.17, 15) is 14.3 Å². The second-order valence-corrected chi connectivity index (χ2v) is 5.86. The van der Waals surface area contributed by atoms with Crippen LogP contribution in [0.2, 0.25) is 0 Å². The normalized spacial score (nSPS) is 11.4. The standard InChI is InChI=1S/C15H21BrFNO2/c1-3-8-15(20,9-4-2)10-18-14(19)13-11(16)6-5-7-12(13)17/h5-7,20H,3-4,8-10H2,1-2H3,(H,18,19). The first-order valence-corrected chi connectivity index (χ1v) is 7.67. The van der Waals surface area contributed by atoms with E-state index < -0.39 is 17.3 Å². The lowest BCUT2D eigenvalue weighted by molar-refractivity contribution is 0.0212. The van der Waals surface area contributed by atoms with Crippen molar-refractivity contribution in [3.63, 3.8) is 0 Å². The molecule has 0 heterocycles. The lowest BCUT2D eigenvalue weighted by atomic mass is 9.92. The van der Waals surface area contributed by atoms with E-state index in [0.717, 1.165) is 12.8 Å². The molecule has 3 nitrogen and oxygen atoms in total. The Kier molecular flexibility index (Phi) is 6.62. The minimum absolute atomic E-state index is 0.0251. The van der Waals surface area contributed by atoms with Crippen LogP contribution in [0.25, 0.3) is 0 Å². The first-order chi connectivity index (χ1) is 9.43. The number of carbonyl (C=O) groups is 1. The highest BCUT2D eigenvalue weighted by Crippen LogP contribution is 2.21. The summed E-state index contributed by atoms with van der Waals surface area (Å²) in [6.45, 7) is 4.10. The van der Waals surface area contributed by atoms with Crippen molar-refractivity contribution in [1.29, 1.82) is 0 Å². The maximum atomic E-state index is 13.7. The predicted molar refractivity (Wildman–Crippen MR) is 81.2 cm³/mol. The van der Waals surface area contributed by atoms with Crippen molar-refractivity contribution in [2.45, 2.75) is 45.1 Å². The van der Waals surface area contributed by atoms with Gasteiger partial charge in [0, 0.05) is 11.0 Å². The maximum Gasteiger partial charge on any atom is 0.255 e. The molecule has 0 saturated heterocycles. The van der Waals surface area contributed by atoms with Gasteiger partial charge in [-0.25, -0.2) is 4.39 Å². The van der Waals surface area contributed by atoms with E-state index in [0.29, 0.717) is 17.3 Å². The molecule has 2 N–H and O–H groups in total. The van der Waals surface area contributed by atoms with Gasteiger partial charge in [-0.2, -0.15) is 0 Å². The second kappa shape index (κ2) is 7.74. The minimum atomic E-state index is -0.920. The topological polar surface area (TPSA) is 49.3 Å². The molecule has 0 bridgehead atoms. The molecule has 1 rings (SSSR count).